The van der Waals surface area contributed by atoms with Gasteiger partial charge in [-0.2, -0.15) is 5.26 Å². The van der Waals surface area contributed by atoms with Gasteiger partial charge in [0.2, 0.25) is 5.91 Å². The molecule has 0 spiro atoms. The molecule has 172 valence electrons. The van der Waals surface area contributed by atoms with E-state index in [-0.39, 0.29) is 11.2 Å². The van der Waals surface area contributed by atoms with Gasteiger partial charge in [0.1, 0.15) is 12.0 Å². The molecule has 2 aliphatic heterocycles. The minimum Gasteiger partial charge on any atom is -0.346 e. The topological polar surface area (TPSA) is 90.6 Å². The number of rotatable bonds is 4. The van der Waals surface area contributed by atoms with Crippen LogP contribution in [0.2, 0.25) is 0 Å². The average Bonchev–Trinajstić information content (AvgIpc) is 3.37. The molecule has 5 heterocycles. The van der Waals surface area contributed by atoms with Crippen LogP contribution in [0.25, 0.3) is 33.2 Å². The number of H-pyrrole nitrogens is 1. The minimum atomic E-state index is -0.429. The molecule has 6 rings (SSSR count). The van der Waals surface area contributed by atoms with Crippen LogP contribution in [0.5, 0.6) is 0 Å². The molecule has 1 amide bonds. The van der Waals surface area contributed by atoms with E-state index in [4.69, 9.17) is 0 Å². The summed E-state index contributed by atoms with van der Waals surface area (Å²) in [7, 11) is 0. The lowest BCUT2D eigenvalue weighted by Crippen LogP contribution is -2.65. The Morgan fingerprint density at radius 3 is 2.94 bits per heavy atom. The summed E-state index contributed by atoms with van der Waals surface area (Å²) < 4.78 is 2.23. The molecule has 2 saturated heterocycles. The van der Waals surface area contributed by atoms with Crippen LogP contribution in [0.4, 0.5) is 0 Å². The normalized spacial score (nSPS) is 20.1. The molecular formula is C26H26N6OS. The van der Waals surface area contributed by atoms with Gasteiger partial charge in [-0.25, -0.2) is 9.97 Å². The zero-order valence-corrected chi connectivity index (χ0v) is 19.7. The van der Waals surface area contributed by atoms with Gasteiger partial charge in [-0.15, -0.1) is 11.8 Å². The van der Waals surface area contributed by atoms with Crippen LogP contribution in [0.3, 0.4) is 0 Å². The molecule has 1 unspecified atom stereocenters. The Balaban J connectivity index is 1.39. The molecule has 0 aliphatic carbocycles. The van der Waals surface area contributed by atoms with Gasteiger partial charge in [0.05, 0.1) is 29.0 Å². The molecule has 1 aromatic carbocycles. The van der Waals surface area contributed by atoms with Crippen LogP contribution < -0.4 is 0 Å². The Hall–Kier alpha value is -3.31. The minimum absolute atomic E-state index is 0.0578. The third kappa shape index (κ3) is 3.38. The number of nitriles is 1. The maximum absolute atomic E-state index is 13.3. The van der Waals surface area contributed by atoms with E-state index < -0.39 is 5.54 Å². The van der Waals surface area contributed by atoms with Gasteiger partial charge in [0, 0.05) is 47.3 Å². The number of nitrogens with one attached hydrogen (secondary N) is 1. The molecule has 34 heavy (non-hydrogen) atoms. The molecule has 0 saturated carbocycles. The van der Waals surface area contributed by atoms with Gasteiger partial charge in [-0.05, 0) is 30.7 Å². The highest BCUT2D eigenvalue weighted by atomic mass is 32.2. The van der Waals surface area contributed by atoms with E-state index in [1.54, 1.807) is 18.1 Å². The van der Waals surface area contributed by atoms with Crippen LogP contribution in [0, 0.1) is 11.3 Å². The van der Waals surface area contributed by atoms with Crippen LogP contribution >= 0.6 is 11.8 Å². The highest BCUT2D eigenvalue weighted by molar-refractivity contribution is 8.00. The van der Waals surface area contributed by atoms with E-state index >= 15 is 0 Å². The number of hydrogen-bond acceptors (Lipinski definition) is 5. The summed E-state index contributed by atoms with van der Waals surface area (Å²) in [4.78, 5) is 27.3. The van der Waals surface area contributed by atoms with Gasteiger partial charge < -0.3 is 14.5 Å². The van der Waals surface area contributed by atoms with Gasteiger partial charge in [0.25, 0.3) is 0 Å². The Morgan fingerprint density at radius 1 is 1.18 bits per heavy atom. The molecule has 1 atom stereocenters. The second-order valence-corrected chi connectivity index (χ2v) is 10.7. The molecule has 0 radical (unpaired) electrons. The fraction of sp³-hybridized carbons (Fsp3) is 0.385. The van der Waals surface area contributed by atoms with Crippen molar-refractivity contribution in [3.63, 3.8) is 0 Å². The summed E-state index contributed by atoms with van der Waals surface area (Å²) in [5, 5.41) is 11.9. The number of thioether (sulfide) groups is 1. The van der Waals surface area contributed by atoms with Crippen molar-refractivity contribution < 1.29 is 4.79 Å². The Labute approximate surface area is 202 Å². The quantitative estimate of drug-likeness (QED) is 0.467. The average molecular weight is 471 g/mol. The van der Waals surface area contributed by atoms with Gasteiger partial charge in [0.15, 0.2) is 0 Å². The van der Waals surface area contributed by atoms with Crippen LogP contribution in [-0.4, -0.2) is 54.4 Å². The van der Waals surface area contributed by atoms with E-state index in [1.165, 1.54) is 12.8 Å². The SMILES string of the molecule is N#CCC1(n2cc(-c3ncnc4[nH]ccc34)c3ccccc32)CN(C(=O)C2CCCCCS2)C1. The molecule has 3 aromatic heterocycles. The standard InChI is InChI=1S/C26H26N6OS/c27-11-10-26(15-31(16-26)25(33)22-8-2-1-5-13-34-22)32-14-20(18-6-3-4-7-21(18)32)23-19-9-12-28-24(19)30-17-29-23/h3-4,6-7,9,12,14,17,22H,1-2,5,8,10,13,15-16H2,(H,28,29,30). The first-order valence-electron chi connectivity index (χ1n) is 11.9. The van der Waals surface area contributed by atoms with E-state index in [2.05, 4.69) is 43.9 Å². The van der Waals surface area contributed by atoms with Crippen molar-refractivity contribution in [3.8, 4) is 17.3 Å². The smallest absolute Gasteiger partial charge is 0.235 e. The monoisotopic (exact) mass is 470 g/mol. The van der Waals surface area contributed by atoms with Gasteiger partial charge >= 0.3 is 0 Å². The largest absolute Gasteiger partial charge is 0.346 e. The van der Waals surface area contributed by atoms with E-state index in [1.807, 2.05) is 29.3 Å². The first-order valence-corrected chi connectivity index (χ1v) is 12.9. The predicted octanol–water partition coefficient (Wildman–Crippen LogP) is 4.71. The Kier molecular flexibility index (Phi) is 5.30. The molecule has 8 heteroatoms. The van der Waals surface area contributed by atoms with Gasteiger partial charge in [-0.1, -0.05) is 31.0 Å². The summed E-state index contributed by atoms with van der Waals surface area (Å²) in [5.41, 5.74) is 3.32. The predicted molar refractivity (Wildman–Crippen MR) is 134 cm³/mol. The number of carbonyl (C=O) groups excluding carboxylic acids is 1. The highest BCUT2D eigenvalue weighted by Gasteiger charge is 2.48. The third-order valence-electron chi connectivity index (χ3n) is 7.23. The summed E-state index contributed by atoms with van der Waals surface area (Å²) in [6, 6.07) is 12.7. The zero-order valence-electron chi connectivity index (χ0n) is 18.9. The van der Waals surface area contributed by atoms with Crippen molar-refractivity contribution in [2.24, 2.45) is 0 Å². The van der Waals surface area contributed by atoms with E-state index in [0.717, 1.165) is 51.8 Å². The number of fused-ring (bicyclic) bond motifs is 2. The van der Waals surface area contributed by atoms with Gasteiger partial charge in [-0.3, -0.25) is 4.79 Å². The first-order chi connectivity index (χ1) is 16.7. The number of likely N-dealkylation sites (tertiary alicyclic amines) is 1. The number of para-hydroxylation sites is 1. The summed E-state index contributed by atoms with van der Waals surface area (Å²) in [6.45, 7) is 1.13. The summed E-state index contributed by atoms with van der Waals surface area (Å²) in [5.74, 6) is 1.30. The molecule has 2 fully saturated rings. The van der Waals surface area contributed by atoms with Crippen molar-refractivity contribution in [2.75, 3.05) is 18.8 Å². The van der Waals surface area contributed by atoms with Crippen molar-refractivity contribution in [1.29, 1.82) is 5.26 Å². The Morgan fingerprint density at radius 2 is 2.06 bits per heavy atom. The molecular weight excluding hydrogens is 444 g/mol. The molecule has 2 aliphatic rings. The van der Waals surface area contributed by atoms with Crippen LogP contribution in [0.1, 0.15) is 32.1 Å². The van der Waals surface area contributed by atoms with Crippen LogP contribution in [-0.2, 0) is 10.3 Å². The number of aromatic nitrogens is 4. The highest BCUT2D eigenvalue weighted by Crippen LogP contribution is 2.41. The fourth-order valence-electron chi connectivity index (χ4n) is 5.48. The lowest BCUT2D eigenvalue weighted by Gasteiger charge is -2.51. The summed E-state index contributed by atoms with van der Waals surface area (Å²) in [6.07, 6.45) is 10.4. The second kappa shape index (κ2) is 8.48. The number of carbonyl (C=O) groups is 1. The van der Waals surface area contributed by atoms with Crippen molar-refractivity contribution in [1.82, 2.24) is 24.4 Å². The molecule has 0 bridgehead atoms. The van der Waals surface area contributed by atoms with Crippen molar-refractivity contribution >= 4 is 39.6 Å². The van der Waals surface area contributed by atoms with Crippen LogP contribution in [0.15, 0.2) is 49.1 Å². The summed E-state index contributed by atoms with van der Waals surface area (Å²) >= 11 is 1.80. The number of amides is 1. The first kappa shape index (κ1) is 21.2. The van der Waals surface area contributed by atoms with E-state index in [9.17, 15) is 10.1 Å². The maximum Gasteiger partial charge on any atom is 0.235 e. The second-order valence-electron chi connectivity index (χ2n) is 9.35. The number of benzene rings is 1. The Bertz CT molecular complexity index is 1400. The third-order valence-corrected chi connectivity index (χ3v) is 8.59. The lowest BCUT2D eigenvalue weighted by atomic mass is 9.85. The fourth-order valence-corrected chi connectivity index (χ4v) is 6.76. The number of hydrogen-bond donors (Lipinski definition) is 1. The molecule has 1 N–H and O–H groups in total. The van der Waals surface area contributed by atoms with E-state index in [0.29, 0.717) is 19.5 Å². The number of nitrogens with zero attached hydrogens (tertiary/aromatic N) is 5. The van der Waals surface area contributed by atoms with Crippen molar-refractivity contribution in [3.05, 3.63) is 49.1 Å². The molecule has 4 aromatic rings. The maximum atomic E-state index is 13.3. The lowest BCUT2D eigenvalue weighted by molar-refractivity contribution is -0.141. The zero-order chi connectivity index (χ0) is 23.1. The molecule has 7 nitrogen and oxygen atoms in total. The van der Waals surface area contributed by atoms with Crippen molar-refractivity contribution in [2.45, 2.75) is 42.9 Å². The number of aromatic amines is 1.